The molecular weight excluding hydrogens is 259 g/mol. The predicted molar refractivity (Wildman–Crippen MR) is 56.5 cm³/mol. The van der Waals surface area contributed by atoms with Crippen LogP contribution in [-0.4, -0.2) is 23.5 Å². The van der Waals surface area contributed by atoms with E-state index in [9.17, 15) is 4.79 Å². The van der Waals surface area contributed by atoms with Crippen LogP contribution in [0, 0.1) is 0 Å². The zero-order chi connectivity index (χ0) is 10.3. The van der Waals surface area contributed by atoms with Crippen LogP contribution in [0.3, 0.4) is 0 Å². The van der Waals surface area contributed by atoms with Gasteiger partial charge in [-0.2, -0.15) is 0 Å². The van der Waals surface area contributed by atoms with Crippen molar-refractivity contribution < 1.29 is 4.52 Å². The number of nitrogens with zero attached hydrogens (tertiary/aromatic N) is 2. The molecule has 0 saturated carbocycles. The van der Waals surface area contributed by atoms with Gasteiger partial charge < -0.3 is 0 Å². The van der Waals surface area contributed by atoms with E-state index in [1.54, 1.807) is 9.63 Å². The van der Waals surface area contributed by atoms with Crippen LogP contribution in [0.25, 0.3) is 15.5 Å². The molecule has 0 aliphatic rings. The number of aromatic nitrogens is 2. The van der Waals surface area contributed by atoms with Crippen molar-refractivity contribution in [3.8, 4) is 5.82 Å². The van der Waals surface area contributed by atoms with E-state index >= 15 is 0 Å². The van der Waals surface area contributed by atoms with Crippen LogP contribution >= 0.6 is 0 Å². The fraction of sp³-hybridized carbons (Fsp3) is 0. The molecule has 15 heavy (non-hydrogen) atoms. The van der Waals surface area contributed by atoms with Crippen molar-refractivity contribution >= 4 is 24.4 Å². The Morgan fingerprint density at radius 3 is 2.87 bits per heavy atom. The Balaban J connectivity index is 2.38. The van der Waals surface area contributed by atoms with Crippen LogP contribution in [0.1, 0.15) is 0 Å². The van der Waals surface area contributed by atoms with Gasteiger partial charge in [-0.25, -0.2) is 0 Å². The van der Waals surface area contributed by atoms with Gasteiger partial charge in [0.1, 0.15) is 0 Å². The molecule has 74 valence electrons. The first-order valence-corrected chi connectivity index (χ1v) is 6.00. The molecule has 0 N–H and O–H groups in total. The van der Waals surface area contributed by atoms with Crippen molar-refractivity contribution in [1.82, 2.24) is 8.72 Å². The first-order chi connectivity index (χ1) is 7.36. The molecule has 0 amide bonds. The van der Waals surface area contributed by atoms with E-state index in [0.717, 1.165) is 9.65 Å². The average molecular weight is 265 g/mol. The van der Waals surface area contributed by atoms with Gasteiger partial charge in [0.2, 0.25) is 0 Å². The molecule has 0 atom stereocenters. The summed E-state index contributed by atoms with van der Waals surface area (Å²) in [5, 5.41) is 4.56. The van der Waals surface area contributed by atoms with Gasteiger partial charge in [0, 0.05) is 0 Å². The van der Waals surface area contributed by atoms with E-state index in [1.807, 2.05) is 24.3 Å². The molecule has 5 heteroatoms. The van der Waals surface area contributed by atoms with Gasteiger partial charge in [0.05, 0.1) is 0 Å². The second-order valence-corrected chi connectivity index (χ2v) is 5.12. The summed E-state index contributed by atoms with van der Waals surface area (Å²) in [4.78, 5) is 12.0. The zero-order valence-electron chi connectivity index (χ0n) is 7.58. The summed E-state index contributed by atoms with van der Waals surface area (Å²) in [5.41, 5.74) is 0.0134. The third-order valence-corrected chi connectivity index (χ3v) is 4.41. The Hall–Kier alpha value is -1.58. The monoisotopic (exact) mass is 266 g/mol. The van der Waals surface area contributed by atoms with Crippen molar-refractivity contribution in [2.75, 3.05) is 0 Å². The van der Waals surface area contributed by atoms with Crippen molar-refractivity contribution in [3.63, 3.8) is 0 Å². The van der Waals surface area contributed by atoms with Gasteiger partial charge in [0.15, 0.2) is 0 Å². The molecule has 0 aliphatic heterocycles. The van der Waals surface area contributed by atoms with Crippen molar-refractivity contribution in [2.24, 2.45) is 0 Å². The van der Waals surface area contributed by atoms with Gasteiger partial charge >= 0.3 is 90.4 Å². The first-order valence-electron chi connectivity index (χ1n) is 4.38. The molecule has 0 aliphatic carbocycles. The van der Waals surface area contributed by atoms with Gasteiger partial charge in [-0.1, -0.05) is 0 Å². The Labute approximate surface area is 90.7 Å². The summed E-state index contributed by atoms with van der Waals surface area (Å²) in [7, 11) is 0. The molecule has 0 bridgehead atoms. The molecular formula is C10H6N2O2Se. The van der Waals surface area contributed by atoms with E-state index < -0.39 is 0 Å². The van der Waals surface area contributed by atoms with E-state index in [1.165, 1.54) is 6.26 Å². The van der Waals surface area contributed by atoms with Crippen LogP contribution in [0.15, 0.2) is 45.9 Å². The molecule has 3 aromatic rings. The number of hydrogen-bond donors (Lipinski definition) is 0. The van der Waals surface area contributed by atoms with E-state index in [-0.39, 0.29) is 20.3 Å². The second kappa shape index (κ2) is 3.22. The first kappa shape index (κ1) is 8.71. The van der Waals surface area contributed by atoms with Crippen molar-refractivity contribution in [2.45, 2.75) is 0 Å². The van der Waals surface area contributed by atoms with Gasteiger partial charge in [-0.15, -0.1) is 0 Å². The summed E-state index contributed by atoms with van der Waals surface area (Å²) in [5.74, 6) is 0.594. The quantitative estimate of drug-likeness (QED) is 0.617. The van der Waals surface area contributed by atoms with Gasteiger partial charge in [0.25, 0.3) is 0 Å². The Morgan fingerprint density at radius 2 is 2.13 bits per heavy atom. The molecule has 0 unspecified atom stereocenters. The van der Waals surface area contributed by atoms with Gasteiger partial charge in [-0.05, 0) is 0 Å². The summed E-state index contributed by atoms with van der Waals surface area (Å²) in [6, 6.07) is 9.34. The maximum absolute atomic E-state index is 12.0. The average Bonchev–Trinajstić information content (AvgIpc) is 2.87. The Kier molecular flexibility index (Phi) is 1.87. The van der Waals surface area contributed by atoms with E-state index in [2.05, 4.69) is 5.16 Å². The van der Waals surface area contributed by atoms with Crippen LogP contribution < -0.4 is 5.56 Å². The fourth-order valence-corrected chi connectivity index (χ4v) is 3.45. The summed E-state index contributed by atoms with van der Waals surface area (Å²) in [6.45, 7) is 0. The van der Waals surface area contributed by atoms with Gasteiger partial charge in [-0.3, -0.25) is 0 Å². The predicted octanol–water partition coefficient (Wildman–Crippen LogP) is 1.04. The van der Waals surface area contributed by atoms with Crippen LogP contribution in [-0.2, 0) is 0 Å². The zero-order valence-corrected chi connectivity index (χ0v) is 9.30. The molecule has 4 nitrogen and oxygen atoms in total. The topological polar surface area (TPSA) is 48.0 Å². The van der Waals surface area contributed by atoms with E-state index in [4.69, 9.17) is 4.52 Å². The Morgan fingerprint density at radius 1 is 1.27 bits per heavy atom. The van der Waals surface area contributed by atoms with E-state index in [0.29, 0.717) is 5.82 Å². The number of hydrogen-bond acceptors (Lipinski definition) is 3. The molecule has 2 heterocycles. The van der Waals surface area contributed by atoms with Crippen LogP contribution in [0.2, 0.25) is 0 Å². The molecule has 0 saturated heterocycles. The normalized spacial score (nSPS) is 10.9. The molecule has 3 rings (SSSR count). The summed E-state index contributed by atoms with van der Waals surface area (Å²) >= 11 is -0.0233. The minimum absolute atomic E-state index is 0.0134. The maximum atomic E-state index is 12.0. The van der Waals surface area contributed by atoms with Crippen LogP contribution in [0.5, 0.6) is 0 Å². The number of benzene rings is 1. The van der Waals surface area contributed by atoms with Crippen molar-refractivity contribution in [3.05, 3.63) is 46.9 Å². The third kappa shape index (κ3) is 1.28. The molecule has 1 aromatic carbocycles. The summed E-state index contributed by atoms with van der Waals surface area (Å²) < 4.78 is 7.50. The SMILES string of the molecule is O=c1c2ccccc2[se]n1-c1ccon1. The Bertz CT molecular complexity index is 651. The van der Waals surface area contributed by atoms with Crippen molar-refractivity contribution in [1.29, 1.82) is 0 Å². The molecule has 0 fully saturated rings. The number of rotatable bonds is 1. The number of fused-ring (bicyclic) bond motifs is 1. The fourth-order valence-electron chi connectivity index (χ4n) is 1.43. The molecule has 0 radical (unpaired) electrons. The molecule has 0 spiro atoms. The summed E-state index contributed by atoms with van der Waals surface area (Å²) in [6.07, 6.45) is 1.47. The third-order valence-electron chi connectivity index (χ3n) is 2.12. The molecule has 2 aromatic heterocycles. The standard InChI is InChI=1S/C10H6N2O2Se/c13-10-7-3-1-2-4-8(7)15-12(10)9-5-6-14-11-9/h1-6H. The minimum atomic E-state index is -0.0233. The van der Waals surface area contributed by atoms with Crippen LogP contribution in [0.4, 0.5) is 0 Å². The second-order valence-electron chi connectivity index (χ2n) is 3.04.